The van der Waals surface area contributed by atoms with Crippen molar-refractivity contribution in [1.29, 1.82) is 0 Å². The molecule has 0 spiro atoms. The number of hydrogen-bond donors (Lipinski definition) is 3. The van der Waals surface area contributed by atoms with Crippen LogP contribution in [0.2, 0.25) is 0 Å². The molecular formula is C13H22N2O2. The monoisotopic (exact) mass is 238 g/mol. The maximum absolute atomic E-state index is 9.65. The molecule has 0 amide bonds. The standard InChI is InChI=1S/C13H22N2O2/c1-2-3-8-15-9-12(16)10-17-13-6-4-11(14)5-7-13/h4-7,12,15-16H,2-3,8-10,14H2,1H3. The third-order valence-electron chi connectivity index (χ3n) is 2.41. The Morgan fingerprint density at radius 2 is 2.06 bits per heavy atom. The summed E-state index contributed by atoms with van der Waals surface area (Å²) in [6, 6.07) is 7.15. The van der Waals surface area contributed by atoms with Gasteiger partial charge in [0, 0.05) is 12.2 Å². The van der Waals surface area contributed by atoms with Gasteiger partial charge in [-0.2, -0.15) is 0 Å². The number of unbranched alkanes of at least 4 members (excludes halogenated alkanes) is 1. The molecule has 1 atom stereocenters. The maximum atomic E-state index is 9.65. The van der Waals surface area contributed by atoms with Crippen LogP contribution in [0.3, 0.4) is 0 Å². The van der Waals surface area contributed by atoms with Crippen LogP contribution < -0.4 is 15.8 Å². The van der Waals surface area contributed by atoms with E-state index in [4.69, 9.17) is 10.5 Å². The molecular weight excluding hydrogens is 216 g/mol. The normalized spacial score (nSPS) is 12.4. The van der Waals surface area contributed by atoms with Gasteiger partial charge in [0.2, 0.25) is 0 Å². The second kappa shape index (κ2) is 7.92. The molecule has 0 aliphatic carbocycles. The number of anilines is 1. The molecule has 1 aromatic rings. The van der Waals surface area contributed by atoms with Gasteiger partial charge in [-0.3, -0.25) is 0 Å². The van der Waals surface area contributed by atoms with Crippen LogP contribution in [0, 0.1) is 0 Å². The molecule has 1 aromatic carbocycles. The molecule has 0 aliphatic rings. The number of nitrogens with two attached hydrogens (primary N) is 1. The summed E-state index contributed by atoms with van der Waals surface area (Å²) >= 11 is 0. The molecule has 96 valence electrons. The fourth-order valence-corrected chi connectivity index (χ4v) is 1.39. The summed E-state index contributed by atoms with van der Waals surface area (Å²) in [5.74, 6) is 0.729. The minimum absolute atomic E-state index is 0.295. The lowest BCUT2D eigenvalue weighted by Gasteiger charge is -2.13. The molecule has 0 saturated carbocycles. The van der Waals surface area contributed by atoms with E-state index in [1.165, 1.54) is 0 Å². The number of aliphatic hydroxyl groups is 1. The lowest BCUT2D eigenvalue weighted by molar-refractivity contribution is 0.106. The van der Waals surface area contributed by atoms with Gasteiger partial charge in [0.05, 0.1) is 0 Å². The first-order chi connectivity index (χ1) is 8.22. The smallest absolute Gasteiger partial charge is 0.119 e. The van der Waals surface area contributed by atoms with Gasteiger partial charge in [0.1, 0.15) is 18.5 Å². The van der Waals surface area contributed by atoms with Crippen molar-refractivity contribution in [3.05, 3.63) is 24.3 Å². The van der Waals surface area contributed by atoms with Gasteiger partial charge in [0.15, 0.2) is 0 Å². The zero-order chi connectivity index (χ0) is 12.5. The van der Waals surface area contributed by atoms with Crippen molar-refractivity contribution in [2.45, 2.75) is 25.9 Å². The third-order valence-corrected chi connectivity index (χ3v) is 2.41. The second-order valence-corrected chi connectivity index (χ2v) is 4.09. The molecule has 0 saturated heterocycles. The van der Waals surface area contributed by atoms with E-state index in [0.29, 0.717) is 18.8 Å². The fourth-order valence-electron chi connectivity index (χ4n) is 1.39. The lowest BCUT2D eigenvalue weighted by atomic mass is 10.3. The van der Waals surface area contributed by atoms with Crippen LogP contribution in [0.5, 0.6) is 5.75 Å². The average Bonchev–Trinajstić information content (AvgIpc) is 2.34. The van der Waals surface area contributed by atoms with E-state index in [0.717, 1.165) is 25.1 Å². The Bertz CT molecular complexity index is 301. The molecule has 4 heteroatoms. The Hall–Kier alpha value is -1.26. The highest BCUT2D eigenvalue weighted by Crippen LogP contribution is 2.13. The highest BCUT2D eigenvalue weighted by atomic mass is 16.5. The SMILES string of the molecule is CCCCNCC(O)COc1ccc(N)cc1. The minimum Gasteiger partial charge on any atom is -0.491 e. The fraction of sp³-hybridized carbons (Fsp3) is 0.538. The highest BCUT2D eigenvalue weighted by Gasteiger charge is 2.04. The van der Waals surface area contributed by atoms with Crippen LogP contribution in [-0.2, 0) is 0 Å². The number of nitrogens with one attached hydrogen (secondary N) is 1. The van der Waals surface area contributed by atoms with Crippen LogP contribution in [0.1, 0.15) is 19.8 Å². The van der Waals surface area contributed by atoms with Gasteiger partial charge in [-0.1, -0.05) is 13.3 Å². The number of rotatable bonds is 8. The molecule has 0 heterocycles. The molecule has 1 rings (SSSR count). The van der Waals surface area contributed by atoms with Gasteiger partial charge >= 0.3 is 0 Å². The summed E-state index contributed by atoms with van der Waals surface area (Å²) in [7, 11) is 0. The second-order valence-electron chi connectivity index (χ2n) is 4.09. The van der Waals surface area contributed by atoms with Crippen molar-refractivity contribution in [2.24, 2.45) is 0 Å². The predicted molar refractivity (Wildman–Crippen MR) is 70.1 cm³/mol. The van der Waals surface area contributed by atoms with E-state index in [2.05, 4.69) is 12.2 Å². The van der Waals surface area contributed by atoms with Crippen LogP contribution in [0.25, 0.3) is 0 Å². The molecule has 17 heavy (non-hydrogen) atoms. The summed E-state index contributed by atoms with van der Waals surface area (Å²) in [5.41, 5.74) is 6.27. The quantitative estimate of drug-likeness (QED) is 0.473. The largest absolute Gasteiger partial charge is 0.491 e. The van der Waals surface area contributed by atoms with Crippen molar-refractivity contribution in [3.8, 4) is 5.75 Å². The zero-order valence-corrected chi connectivity index (χ0v) is 10.4. The molecule has 0 radical (unpaired) electrons. The minimum atomic E-state index is -0.482. The summed E-state index contributed by atoms with van der Waals surface area (Å²) in [5, 5.41) is 12.8. The lowest BCUT2D eigenvalue weighted by Crippen LogP contribution is -2.31. The number of benzene rings is 1. The Kier molecular flexibility index (Phi) is 6.43. The van der Waals surface area contributed by atoms with Gasteiger partial charge in [-0.05, 0) is 37.2 Å². The van der Waals surface area contributed by atoms with Gasteiger partial charge in [0.25, 0.3) is 0 Å². The topological polar surface area (TPSA) is 67.5 Å². The summed E-state index contributed by atoms with van der Waals surface area (Å²) in [6.45, 7) is 3.94. The molecule has 4 nitrogen and oxygen atoms in total. The first kappa shape index (κ1) is 13.8. The predicted octanol–water partition coefficient (Wildman–Crippen LogP) is 1.40. The van der Waals surface area contributed by atoms with Crippen molar-refractivity contribution >= 4 is 5.69 Å². The highest BCUT2D eigenvalue weighted by molar-refractivity contribution is 5.41. The third kappa shape index (κ3) is 6.14. The number of ether oxygens (including phenoxy) is 1. The molecule has 0 bridgehead atoms. The number of hydrogen-bond acceptors (Lipinski definition) is 4. The van der Waals surface area contributed by atoms with Gasteiger partial charge < -0.3 is 20.9 Å². The summed E-state index contributed by atoms with van der Waals surface area (Å²) in [6.07, 6.45) is 1.81. The summed E-state index contributed by atoms with van der Waals surface area (Å²) < 4.78 is 5.43. The summed E-state index contributed by atoms with van der Waals surface area (Å²) in [4.78, 5) is 0. The Morgan fingerprint density at radius 3 is 2.71 bits per heavy atom. The van der Waals surface area contributed by atoms with E-state index < -0.39 is 6.10 Å². The maximum Gasteiger partial charge on any atom is 0.119 e. The molecule has 4 N–H and O–H groups in total. The molecule has 0 aromatic heterocycles. The first-order valence-corrected chi connectivity index (χ1v) is 6.09. The first-order valence-electron chi connectivity index (χ1n) is 6.09. The Labute approximate surface area is 103 Å². The Morgan fingerprint density at radius 1 is 1.35 bits per heavy atom. The number of aliphatic hydroxyl groups excluding tert-OH is 1. The van der Waals surface area contributed by atoms with Crippen molar-refractivity contribution < 1.29 is 9.84 Å². The van der Waals surface area contributed by atoms with Gasteiger partial charge in [-0.25, -0.2) is 0 Å². The average molecular weight is 238 g/mol. The van der Waals surface area contributed by atoms with E-state index in [9.17, 15) is 5.11 Å². The van der Waals surface area contributed by atoms with Crippen LogP contribution in [0.15, 0.2) is 24.3 Å². The van der Waals surface area contributed by atoms with Crippen LogP contribution in [0.4, 0.5) is 5.69 Å². The number of nitrogen functional groups attached to an aromatic ring is 1. The Balaban J connectivity index is 2.14. The van der Waals surface area contributed by atoms with E-state index >= 15 is 0 Å². The van der Waals surface area contributed by atoms with E-state index in [-0.39, 0.29) is 0 Å². The molecule has 0 fully saturated rings. The van der Waals surface area contributed by atoms with Crippen LogP contribution >= 0.6 is 0 Å². The van der Waals surface area contributed by atoms with Gasteiger partial charge in [-0.15, -0.1) is 0 Å². The van der Waals surface area contributed by atoms with Crippen molar-refractivity contribution in [2.75, 3.05) is 25.4 Å². The van der Waals surface area contributed by atoms with Crippen LogP contribution in [-0.4, -0.2) is 30.9 Å². The van der Waals surface area contributed by atoms with E-state index in [1.54, 1.807) is 24.3 Å². The van der Waals surface area contributed by atoms with E-state index in [1.807, 2.05) is 0 Å². The zero-order valence-electron chi connectivity index (χ0n) is 10.4. The molecule has 0 aliphatic heterocycles. The van der Waals surface area contributed by atoms with Crippen molar-refractivity contribution in [1.82, 2.24) is 5.32 Å². The van der Waals surface area contributed by atoms with Crippen molar-refractivity contribution in [3.63, 3.8) is 0 Å². The molecule has 1 unspecified atom stereocenters.